The van der Waals surface area contributed by atoms with Crippen molar-refractivity contribution in [3.8, 4) is 17.2 Å². The minimum Gasteiger partial charge on any atom is -0.495 e. The van der Waals surface area contributed by atoms with Crippen LogP contribution in [0.5, 0.6) is 5.75 Å². The Morgan fingerprint density at radius 2 is 1.89 bits per heavy atom. The van der Waals surface area contributed by atoms with E-state index in [1.165, 1.54) is 7.11 Å². The van der Waals surface area contributed by atoms with Crippen LogP contribution in [0.4, 0.5) is 5.69 Å². The first-order chi connectivity index (χ1) is 13.5. The summed E-state index contributed by atoms with van der Waals surface area (Å²) in [5.74, 6) is 0.665. The Kier molecular flexibility index (Phi) is 5.15. The van der Waals surface area contributed by atoms with Gasteiger partial charge in [-0.3, -0.25) is 9.78 Å². The predicted molar refractivity (Wildman–Crippen MR) is 114 cm³/mol. The van der Waals surface area contributed by atoms with E-state index in [1.54, 1.807) is 36.7 Å². The molecule has 1 N–H and O–H groups in total. The second kappa shape index (κ2) is 7.73. The molecule has 2 aromatic carbocycles. The summed E-state index contributed by atoms with van der Waals surface area (Å²) < 4.78 is 12.6. The van der Waals surface area contributed by atoms with Crippen LogP contribution in [-0.2, 0) is 0 Å². The molecular formula is C20H13Br2N3O3. The van der Waals surface area contributed by atoms with Crippen molar-refractivity contribution in [2.24, 2.45) is 0 Å². The van der Waals surface area contributed by atoms with Gasteiger partial charge in [-0.2, -0.15) is 0 Å². The number of aromatic nitrogens is 2. The third-order valence-electron chi connectivity index (χ3n) is 4.03. The fraction of sp³-hybridized carbons (Fsp3) is 0.0500. The SMILES string of the molecule is COc1c(Br)cc(Br)cc1C(=O)Nc1ccc2oc(-c3ccncc3)nc2c1. The number of fused-ring (bicyclic) bond motifs is 1. The first kappa shape index (κ1) is 18.6. The number of halogens is 2. The van der Waals surface area contributed by atoms with E-state index in [4.69, 9.17) is 9.15 Å². The summed E-state index contributed by atoms with van der Waals surface area (Å²) in [6.07, 6.45) is 3.36. The Labute approximate surface area is 177 Å². The molecule has 0 bridgehead atoms. The van der Waals surface area contributed by atoms with Crippen molar-refractivity contribution >= 4 is 54.6 Å². The smallest absolute Gasteiger partial charge is 0.259 e. The molecule has 6 nitrogen and oxygen atoms in total. The van der Waals surface area contributed by atoms with Crippen LogP contribution in [0.3, 0.4) is 0 Å². The van der Waals surface area contributed by atoms with Crippen molar-refractivity contribution in [2.75, 3.05) is 12.4 Å². The average Bonchev–Trinajstić information content (AvgIpc) is 3.11. The summed E-state index contributed by atoms with van der Waals surface area (Å²) >= 11 is 6.80. The van der Waals surface area contributed by atoms with E-state index in [0.29, 0.717) is 38.5 Å². The minimum absolute atomic E-state index is 0.295. The third-order valence-corrected chi connectivity index (χ3v) is 5.08. The number of hydrogen-bond donors (Lipinski definition) is 1. The molecule has 28 heavy (non-hydrogen) atoms. The Balaban J connectivity index is 1.64. The zero-order valence-electron chi connectivity index (χ0n) is 14.6. The van der Waals surface area contributed by atoms with E-state index < -0.39 is 0 Å². The topological polar surface area (TPSA) is 77.2 Å². The van der Waals surface area contributed by atoms with E-state index >= 15 is 0 Å². The second-order valence-electron chi connectivity index (χ2n) is 5.86. The normalized spacial score (nSPS) is 10.8. The maximum absolute atomic E-state index is 12.8. The Hall–Kier alpha value is -2.71. The molecule has 0 aliphatic heterocycles. The van der Waals surface area contributed by atoms with Gasteiger partial charge in [-0.05, 0) is 58.4 Å². The summed E-state index contributed by atoms with van der Waals surface area (Å²) in [5, 5.41) is 2.88. The van der Waals surface area contributed by atoms with Crippen molar-refractivity contribution in [3.05, 3.63) is 69.4 Å². The van der Waals surface area contributed by atoms with Gasteiger partial charge in [-0.1, -0.05) is 15.9 Å². The standard InChI is InChI=1S/C20H13Br2N3O3/c1-27-18-14(8-12(21)9-15(18)22)19(26)24-13-2-3-17-16(10-13)25-20(28-17)11-4-6-23-7-5-11/h2-10H,1H3,(H,24,26). The summed E-state index contributed by atoms with van der Waals surface area (Å²) in [5.41, 5.74) is 3.12. The zero-order valence-corrected chi connectivity index (χ0v) is 17.7. The van der Waals surface area contributed by atoms with Gasteiger partial charge in [0.05, 0.1) is 17.1 Å². The van der Waals surface area contributed by atoms with Crippen LogP contribution in [0.15, 0.2) is 68.2 Å². The maximum Gasteiger partial charge on any atom is 0.259 e. The van der Waals surface area contributed by atoms with Gasteiger partial charge in [0.2, 0.25) is 5.89 Å². The number of pyridine rings is 1. The number of hydrogen-bond acceptors (Lipinski definition) is 5. The maximum atomic E-state index is 12.8. The van der Waals surface area contributed by atoms with Crippen LogP contribution >= 0.6 is 31.9 Å². The van der Waals surface area contributed by atoms with E-state index in [9.17, 15) is 4.79 Å². The summed E-state index contributed by atoms with van der Waals surface area (Å²) in [6.45, 7) is 0. The molecule has 4 rings (SSSR count). The van der Waals surface area contributed by atoms with Crippen LogP contribution in [-0.4, -0.2) is 23.0 Å². The number of oxazole rings is 1. The Morgan fingerprint density at radius 3 is 2.64 bits per heavy atom. The molecule has 0 unspecified atom stereocenters. The number of methoxy groups -OCH3 is 1. The highest BCUT2D eigenvalue weighted by Crippen LogP contribution is 2.33. The van der Waals surface area contributed by atoms with E-state index in [1.807, 2.05) is 18.2 Å². The van der Waals surface area contributed by atoms with Crippen molar-refractivity contribution in [1.82, 2.24) is 9.97 Å². The van der Waals surface area contributed by atoms with Crippen molar-refractivity contribution in [3.63, 3.8) is 0 Å². The number of benzene rings is 2. The lowest BCUT2D eigenvalue weighted by Gasteiger charge is -2.11. The van der Waals surface area contributed by atoms with Gasteiger partial charge >= 0.3 is 0 Å². The highest BCUT2D eigenvalue weighted by Gasteiger charge is 2.17. The van der Waals surface area contributed by atoms with Gasteiger partial charge in [0.25, 0.3) is 5.91 Å². The molecule has 0 spiro atoms. The molecule has 0 aliphatic carbocycles. The van der Waals surface area contributed by atoms with Crippen molar-refractivity contribution in [1.29, 1.82) is 0 Å². The number of rotatable bonds is 4. The van der Waals surface area contributed by atoms with Crippen LogP contribution in [0, 0.1) is 0 Å². The van der Waals surface area contributed by atoms with Gasteiger partial charge in [-0.25, -0.2) is 4.98 Å². The van der Waals surface area contributed by atoms with Gasteiger partial charge < -0.3 is 14.5 Å². The highest BCUT2D eigenvalue weighted by molar-refractivity contribution is 9.11. The molecule has 0 saturated carbocycles. The molecule has 4 aromatic rings. The molecule has 140 valence electrons. The Bertz CT molecular complexity index is 1180. The van der Waals surface area contributed by atoms with Crippen LogP contribution in [0.1, 0.15) is 10.4 Å². The van der Waals surface area contributed by atoms with E-state index in [0.717, 1.165) is 10.0 Å². The number of carbonyl (C=O) groups is 1. The lowest BCUT2D eigenvalue weighted by Crippen LogP contribution is -2.13. The highest BCUT2D eigenvalue weighted by atomic mass is 79.9. The molecular weight excluding hydrogens is 490 g/mol. The van der Waals surface area contributed by atoms with Gasteiger partial charge in [0, 0.05) is 28.1 Å². The Morgan fingerprint density at radius 1 is 1.11 bits per heavy atom. The van der Waals surface area contributed by atoms with Gasteiger partial charge in [-0.15, -0.1) is 0 Å². The number of anilines is 1. The monoisotopic (exact) mass is 501 g/mol. The van der Waals surface area contributed by atoms with Crippen LogP contribution in [0.2, 0.25) is 0 Å². The number of ether oxygens (including phenoxy) is 1. The summed E-state index contributed by atoms with van der Waals surface area (Å²) in [7, 11) is 1.52. The fourth-order valence-corrected chi connectivity index (χ4v) is 4.15. The molecule has 8 heteroatoms. The average molecular weight is 503 g/mol. The first-order valence-corrected chi connectivity index (χ1v) is 9.79. The molecule has 0 radical (unpaired) electrons. The predicted octanol–water partition coefficient (Wildman–Crippen LogP) is 5.68. The second-order valence-corrected chi connectivity index (χ2v) is 7.63. The van der Waals surface area contributed by atoms with Crippen LogP contribution < -0.4 is 10.1 Å². The summed E-state index contributed by atoms with van der Waals surface area (Å²) in [4.78, 5) is 21.3. The molecule has 0 aliphatic rings. The number of amides is 1. The quantitative estimate of drug-likeness (QED) is 0.388. The number of nitrogens with one attached hydrogen (secondary N) is 1. The molecule has 1 amide bonds. The van der Waals surface area contributed by atoms with Crippen LogP contribution in [0.25, 0.3) is 22.6 Å². The third kappa shape index (κ3) is 3.65. The zero-order chi connectivity index (χ0) is 19.7. The first-order valence-electron chi connectivity index (χ1n) is 8.20. The van der Waals surface area contributed by atoms with Crippen molar-refractivity contribution < 1.29 is 13.9 Å². The van der Waals surface area contributed by atoms with Gasteiger partial charge in [0.15, 0.2) is 5.58 Å². The van der Waals surface area contributed by atoms with Gasteiger partial charge in [0.1, 0.15) is 11.3 Å². The largest absolute Gasteiger partial charge is 0.495 e. The van der Waals surface area contributed by atoms with Crippen molar-refractivity contribution in [2.45, 2.75) is 0 Å². The molecule has 0 saturated heterocycles. The molecule has 0 fully saturated rings. The lowest BCUT2D eigenvalue weighted by molar-refractivity contribution is 0.102. The van der Waals surface area contributed by atoms with E-state index in [2.05, 4.69) is 47.1 Å². The van der Waals surface area contributed by atoms with E-state index in [-0.39, 0.29) is 5.91 Å². The molecule has 0 atom stereocenters. The number of carbonyl (C=O) groups excluding carboxylic acids is 1. The number of nitrogens with zero attached hydrogens (tertiary/aromatic N) is 2. The molecule has 2 aromatic heterocycles. The summed E-state index contributed by atoms with van der Waals surface area (Å²) in [6, 6.07) is 12.5. The minimum atomic E-state index is -0.295. The fourth-order valence-electron chi connectivity index (χ4n) is 2.76. The molecule has 2 heterocycles. The lowest BCUT2D eigenvalue weighted by atomic mass is 10.2.